The van der Waals surface area contributed by atoms with E-state index in [9.17, 15) is 9.18 Å². The van der Waals surface area contributed by atoms with Crippen molar-refractivity contribution in [3.8, 4) is 0 Å². The number of amides is 1. The van der Waals surface area contributed by atoms with E-state index in [1.165, 1.54) is 25.2 Å². The lowest BCUT2D eigenvalue weighted by Gasteiger charge is -2.34. The van der Waals surface area contributed by atoms with Crippen LogP contribution < -0.4 is 15.5 Å². The van der Waals surface area contributed by atoms with E-state index in [-0.39, 0.29) is 11.6 Å². The number of hydrogen-bond donors (Lipinski definition) is 2. The van der Waals surface area contributed by atoms with Crippen LogP contribution in [0.5, 0.6) is 0 Å². The van der Waals surface area contributed by atoms with Crippen molar-refractivity contribution >= 4 is 33.8 Å². The van der Waals surface area contributed by atoms with Gasteiger partial charge in [0, 0.05) is 60.9 Å². The predicted octanol–water partition coefficient (Wildman–Crippen LogP) is 3.70. The number of nitrogens with zero attached hydrogens (tertiary/aromatic N) is 5. The molecule has 2 N–H and O–H groups in total. The second-order valence-electron chi connectivity index (χ2n) is 9.26. The van der Waals surface area contributed by atoms with Crippen LogP contribution in [0.2, 0.25) is 0 Å². The Hall–Kier alpha value is -3.59. The molecule has 2 aliphatic rings. The van der Waals surface area contributed by atoms with Crippen molar-refractivity contribution in [3.05, 3.63) is 60.2 Å². The SMILES string of the molecule is Cc1cn2cc(NC(=O)c3ccc(N4CCC(NC5CC5)CC4)c4cncnc34)cc(F)c2n1. The maximum absolute atomic E-state index is 14.5. The number of carbonyl (C=O) groups excluding carboxylic acids is 1. The molecule has 6 rings (SSSR count). The Balaban J connectivity index is 1.26. The number of benzene rings is 1. The second-order valence-corrected chi connectivity index (χ2v) is 9.26. The Kier molecular flexibility index (Phi) is 5.13. The molecule has 0 radical (unpaired) electrons. The number of imidazole rings is 1. The number of halogens is 1. The zero-order valence-electron chi connectivity index (χ0n) is 19.0. The maximum atomic E-state index is 14.5. The number of aromatic nitrogens is 4. The first-order chi connectivity index (χ1) is 16.5. The van der Waals surface area contributed by atoms with Gasteiger partial charge in [-0.2, -0.15) is 0 Å². The minimum Gasteiger partial charge on any atom is -0.371 e. The van der Waals surface area contributed by atoms with Gasteiger partial charge >= 0.3 is 0 Å². The van der Waals surface area contributed by atoms with Crippen LogP contribution in [0.1, 0.15) is 41.7 Å². The summed E-state index contributed by atoms with van der Waals surface area (Å²) in [6.45, 7) is 3.69. The molecule has 3 aromatic heterocycles. The van der Waals surface area contributed by atoms with E-state index in [0.717, 1.165) is 43.0 Å². The van der Waals surface area contributed by atoms with Crippen molar-refractivity contribution < 1.29 is 9.18 Å². The second kappa shape index (κ2) is 8.32. The van der Waals surface area contributed by atoms with Crippen LogP contribution in [0.3, 0.4) is 0 Å². The van der Waals surface area contributed by atoms with Crippen molar-refractivity contribution in [1.29, 1.82) is 0 Å². The normalized spacial score (nSPS) is 16.9. The molecule has 0 spiro atoms. The highest BCUT2D eigenvalue weighted by Gasteiger charge is 2.28. The number of aryl methyl sites for hydroxylation is 1. The molecule has 4 heterocycles. The third-order valence-corrected chi connectivity index (χ3v) is 6.66. The van der Waals surface area contributed by atoms with E-state index < -0.39 is 5.82 Å². The minimum absolute atomic E-state index is 0.231. The molecular formula is C25H26FN7O. The van der Waals surface area contributed by atoms with E-state index in [4.69, 9.17) is 0 Å². The molecule has 1 aliphatic heterocycles. The Morgan fingerprint density at radius 3 is 2.71 bits per heavy atom. The zero-order valence-corrected chi connectivity index (χ0v) is 19.0. The van der Waals surface area contributed by atoms with E-state index in [1.807, 2.05) is 6.07 Å². The first kappa shape index (κ1) is 21.0. The summed E-state index contributed by atoms with van der Waals surface area (Å²) in [5.41, 5.74) is 3.33. The smallest absolute Gasteiger partial charge is 0.257 e. The molecule has 1 aromatic carbocycles. The summed E-state index contributed by atoms with van der Waals surface area (Å²) in [4.78, 5) is 28.3. The molecule has 1 aliphatic carbocycles. The Labute approximate surface area is 196 Å². The lowest BCUT2D eigenvalue weighted by Crippen LogP contribution is -2.43. The van der Waals surface area contributed by atoms with Crippen LogP contribution in [0, 0.1) is 12.7 Å². The monoisotopic (exact) mass is 459 g/mol. The first-order valence-corrected chi connectivity index (χ1v) is 11.7. The molecule has 1 saturated heterocycles. The Morgan fingerprint density at radius 1 is 1.12 bits per heavy atom. The quantitative estimate of drug-likeness (QED) is 0.473. The summed E-state index contributed by atoms with van der Waals surface area (Å²) in [6.07, 6.45) is 11.4. The molecule has 9 heteroatoms. The fourth-order valence-corrected chi connectivity index (χ4v) is 4.84. The van der Waals surface area contributed by atoms with Crippen LogP contribution in [0.15, 0.2) is 43.1 Å². The molecule has 0 unspecified atom stereocenters. The number of anilines is 2. The fourth-order valence-electron chi connectivity index (χ4n) is 4.84. The highest BCUT2D eigenvalue weighted by atomic mass is 19.1. The summed E-state index contributed by atoms with van der Waals surface area (Å²) >= 11 is 0. The summed E-state index contributed by atoms with van der Waals surface area (Å²) in [6, 6.07) is 6.34. The van der Waals surface area contributed by atoms with Crippen LogP contribution in [0.25, 0.3) is 16.6 Å². The van der Waals surface area contributed by atoms with Gasteiger partial charge in [-0.05, 0) is 44.7 Å². The number of carbonyl (C=O) groups is 1. The third-order valence-electron chi connectivity index (χ3n) is 6.66. The summed E-state index contributed by atoms with van der Waals surface area (Å²) < 4.78 is 16.0. The molecule has 1 amide bonds. The molecule has 174 valence electrons. The van der Waals surface area contributed by atoms with E-state index in [1.54, 1.807) is 36.0 Å². The van der Waals surface area contributed by atoms with Crippen LogP contribution in [-0.4, -0.2) is 50.4 Å². The average molecular weight is 460 g/mol. The molecule has 34 heavy (non-hydrogen) atoms. The number of pyridine rings is 1. The maximum Gasteiger partial charge on any atom is 0.257 e. The van der Waals surface area contributed by atoms with E-state index >= 15 is 0 Å². The van der Waals surface area contributed by atoms with Gasteiger partial charge in [-0.15, -0.1) is 0 Å². The fraction of sp³-hybridized carbons (Fsp3) is 0.360. The van der Waals surface area contributed by atoms with Crippen LogP contribution in [-0.2, 0) is 0 Å². The average Bonchev–Trinajstić information content (AvgIpc) is 3.57. The van der Waals surface area contributed by atoms with Gasteiger partial charge in [0.25, 0.3) is 5.91 Å². The summed E-state index contributed by atoms with van der Waals surface area (Å²) in [5, 5.41) is 7.38. The summed E-state index contributed by atoms with van der Waals surface area (Å²) in [7, 11) is 0. The van der Waals surface area contributed by atoms with Gasteiger partial charge in [0.15, 0.2) is 11.5 Å². The number of hydrogen-bond acceptors (Lipinski definition) is 6. The van der Waals surface area contributed by atoms with Gasteiger partial charge in [-0.3, -0.25) is 4.79 Å². The molecule has 8 nitrogen and oxygen atoms in total. The Morgan fingerprint density at radius 2 is 1.91 bits per heavy atom. The van der Waals surface area contributed by atoms with E-state index in [2.05, 4.69) is 30.5 Å². The van der Waals surface area contributed by atoms with Crippen LogP contribution in [0.4, 0.5) is 15.8 Å². The largest absolute Gasteiger partial charge is 0.371 e. The van der Waals surface area contributed by atoms with Gasteiger partial charge in [0.2, 0.25) is 0 Å². The molecular weight excluding hydrogens is 433 g/mol. The highest BCUT2D eigenvalue weighted by Crippen LogP contribution is 2.31. The van der Waals surface area contributed by atoms with Crippen molar-refractivity contribution in [2.45, 2.75) is 44.7 Å². The molecule has 0 atom stereocenters. The van der Waals surface area contributed by atoms with Gasteiger partial charge in [-0.25, -0.2) is 19.3 Å². The molecule has 4 aromatic rings. The summed E-state index contributed by atoms with van der Waals surface area (Å²) in [5.74, 6) is -0.841. The predicted molar refractivity (Wildman–Crippen MR) is 129 cm³/mol. The van der Waals surface area contributed by atoms with Crippen LogP contribution >= 0.6 is 0 Å². The van der Waals surface area contributed by atoms with Gasteiger partial charge in [0.05, 0.1) is 22.5 Å². The topological polar surface area (TPSA) is 87.5 Å². The van der Waals surface area contributed by atoms with Gasteiger partial charge in [-0.1, -0.05) is 0 Å². The third kappa shape index (κ3) is 3.96. The number of fused-ring (bicyclic) bond motifs is 2. The lowest BCUT2D eigenvalue weighted by atomic mass is 10.0. The van der Waals surface area contributed by atoms with Gasteiger partial charge < -0.3 is 19.9 Å². The first-order valence-electron chi connectivity index (χ1n) is 11.7. The molecule has 1 saturated carbocycles. The zero-order chi connectivity index (χ0) is 23.2. The highest BCUT2D eigenvalue weighted by molar-refractivity contribution is 6.13. The number of piperidine rings is 1. The van der Waals surface area contributed by atoms with Crippen molar-refractivity contribution in [3.63, 3.8) is 0 Å². The van der Waals surface area contributed by atoms with Crippen molar-refractivity contribution in [2.24, 2.45) is 0 Å². The molecule has 2 fully saturated rings. The lowest BCUT2D eigenvalue weighted by molar-refractivity contribution is 0.102. The van der Waals surface area contributed by atoms with Gasteiger partial charge in [0.1, 0.15) is 6.33 Å². The molecule has 0 bridgehead atoms. The standard InChI is InChI=1S/C25H26FN7O/c1-15-12-33-13-18(10-21(26)24(33)29-15)31-25(34)19-4-5-22(20-11-27-14-28-23(19)20)32-8-6-17(7-9-32)30-16-2-3-16/h4-5,10-14,16-17,30H,2-3,6-9H2,1H3,(H,31,34). The van der Waals surface area contributed by atoms with Crippen molar-refractivity contribution in [1.82, 2.24) is 24.7 Å². The minimum atomic E-state index is -0.493. The Bertz CT molecular complexity index is 1390. The number of nitrogens with one attached hydrogen (secondary N) is 2. The van der Waals surface area contributed by atoms with Crippen molar-refractivity contribution in [2.75, 3.05) is 23.3 Å². The number of rotatable bonds is 5. The van der Waals surface area contributed by atoms with E-state index in [0.29, 0.717) is 28.5 Å².